The number of nitrogens with zero attached hydrogens (tertiary/aromatic N) is 4. The first-order valence-electron chi connectivity index (χ1n) is 11.0. The van der Waals surface area contributed by atoms with Crippen LogP contribution in [0.5, 0.6) is 0 Å². The Morgan fingerprint density at radius 3 is 2.19 bits per heavy atom. The van der Waals surface area contributed by atoms with Crippen molar-refractivity contribution < 1.29 is 18.3 Å². The molecule has 12 heteroatoms. The zero-order valence-electron chi connectivity index (χ0n) is 20.3. The highest BCUT2D eigenvalue weighted by Gasteiger charge is 2.43. The number of hydrogen-bond donors (Lipinski definition) is 1. The smallest absolute Gasteiger partial charge is 0.328 e. The average molecular weight is 582 g/mol. The van der Waals surface area contributed by atoms with Crippen LogP contribution in [0.15, 0.2) is 59.6 Å². The van der Waals surface area contributed by atoms with E-state index in [1.807, 2.05) is 13.0 Å². The van der Waals surface area contributed by atoms with Gasteiger partial charge in [-0.25, -0.2) is 13.2 Å². The summed E-state index contributed by atoms with van der Waals surface area (Å²) in [6.45, 7) is 6.77. The Labute approximate surface area is 229 Å². The van der Waals surface area contributed by atoms with Crippen LogP contribution in [0.1, 0.15) is 26.5 Å². The minimum Gasteiger partial charge on any atom is -0.480 e. The number of aromatic nitrogens is 3. The molecule has 0 bridgehead atoms. The number of rotatable bonds is 6. The quantitative estimate of drug-likeness (QED) is 0.283. The summed E-state index contributed by atoms with van der Waals surface area (Å²) in [6.07, 6.45) is 1.64. The highest BCUT2D eigenvalue weighted by atomic mass is 35.5. The van der Waals surface area contributed by atoms with Gasteiger partial charge in [-0.2, -0.15) is 5.10 Å². The fourth-order valence-corrected chi connectivity index (χ4v) is 6.82. The lowest BCUT2D eigenvalue weighted by atomic mass is 9.86. The third-order valence-electron chi connectivity index (χ3n) is 5.71. The predicted molar refractivity (Wildman–Crippen MR) is 146 cm³/mol. The van der Waals surface area contributed by atoms with Gasteiger partial charge < -0.3 is 5.11 Å². The van der Waals surface area contributed by atoms with E-state index in [0.717, 1.165) is 10.00 Å². The standard InChI is InChI=1S/C25H23Cl3N4O4S/c1-14-5-8-22(30-29-14)31-13-20(28)19-12-17(6-7-21(19)31)32(23(24(33)34)25(2,3)4)37(35,36)18-10-15(26)9-16(27)11-18/h5-13,23H,1-4H3,(H,33,34). The first-order chi connectivity index (χ1) is 17.2. The molecular formula is C25H23Cl3N4O4S. The summed E-state index contributed by atoms with van der Waals surface area (Å²) >= 11 is 18.7. The zero-order chi connectivity index (χ0) is 27.3. The number of fused-ring (bicyclic) bond motifs is 1. The van der Waals surface area contributed by atoms with E-state index in [0.29, 0.717) is 21.7 Å². The van der Waals surface area contributed by atoms with Crippen molar-refractivity contribution in [2.75, 3.05) is 4.31 Å². The Morgan fingerprint density at radius 2 is 1.65 bits per heavy atom. The van der Waals surface area contributed by atoms with E-state index in [4.69, 9.17) is 34.8 Å². The van der Waals surface area contributed by atoms with Crippen LogP contribution >= 0.6 is 34.8 Å². The van der Waals surface area contributed by atoms with E-state index in [-0.39, 0.29) is 20.6 Å². The van der Waals surface area contributed by atoms with Crippen LogP contribution in [0.25, 0.3) is 16.7 Å². The minimum atomic E-state index is -4.45. The number of halogens is 3. The van der Waals surface area contributed by atoms with Gasteiger partial charge in [-0.1, -0.05) is 55.6 Å². The maximum absolute atomic E-state index is 14.0. The molecule has 0 amide bonds. The van der Waals surface area contributed by atoms with Crippen molar-refractivity contribution in [3.8, 4) is 5.82 Å². The van der Waals surface area contributed by atoms with Gasteiger partial charge >= 0.3 is 5.97 Å². The summed E-state index contributed by atoms with van der Waals surface area (Å²) in [6, 6.07) is 10.7. The van der Waals surface area contributed by atoms with Crippen molar-refractivity contribution in [1.82, 2.24) is 14.8 Å². The molecule has 2 aromatic heterocycles. The second-order valence-corrected chi connectivity index (χ2v) is 12.7. The Bertz CT molecular complexity index is 1590. The number of hydrogen-bond acceptors (Lipinski definition) is 5. The average Bonchev–Trinajstić information content (AvgIpc) is 3.11. The summed E-state index contributed by atoms with van der Waals surface area (Å²) in [5.74, 6) is -0.797. The Balaban J connectivity index is 1.97. The van der Waals surface area contributed by atoms with Crippen LogP contribution in [0.3, 0.4) is 0 Å². The van der Waals surface area contributed by atoms with Crippen molar-refractivity contribution in [3.63, 3.8) is 0 Å². The first-order valence-corrected chi connectivity index (χ1v) is 13.6. The molecule has 1 atom stereocenters. The summed E-state index contributed by atoms with van der Waals surface area (Å²) < 4.78 is 30.6. The summed E-state index contributed by atoms with van der Waals surface area (Å²) in [5, 5.41) is 19.5. The first kappa shape index (κ1) is 27.2. The number of aryl methyl sites for hydroxylation is 1. The lowest BCUT2D eigenvalue weighted by Crippen LogP contribution is -2.52. The zero-order valence-corrected chi connectivity index (χ0v) is 23.4. The van der Waals surface area contributed by atoms with Gasteiger partial charge in [0.25, 0.3) is 10.0 Å². The van der Waals surface area contributed by atoms with Crippen LogP contribution in [-0.2, 0) is 14.8 Å². The molecule has 37 heavy (non-hydrogen) atoms. The Morgan fingerprint density at radius 1 is 1.00 bits per heavy atom. The van der Waals surface area contributed by atoms with Gasteiger partial charge in [-0.3, -0.25) is 8.87 Å². The van der Waals surface area contributed by atoms with Gasteiger partial charge in [0.2, 0.25) is 0 Å². The SMILES string of the molecule is Cc1ccc(-n2cc(Cl)c3cc(N(C(C(=O)O)C(C)(C)C)S(=O)(=O)c4cc(Cl)cc(Cl)c4)ccc32)nn1. The molecule has 4 rings (SSSR count). The third-order valence-corrected chi connectivity index (χ3v) is 8.21. The van der Waals surface area contributed by atoms with E-state index in [9.17, 15) is 18.3 Å². The Kier molecular flexibility index (Phi) is 7.20. The second-order valence-electron chi connectivity index (χ2n) is 9.59. The molecule has 194 valence electrons. The predicted octanol–water partition coefficient (Wildman–Crippen LogP) is 6.38. The lowest BCUT2D eigenvalue weighted by molar-refractivity contribution is -0.140. The Hall–Kier alpha value is -2.85. The monoisotopic (exact) mass is 580 g/mol. The number of benzene rings is 2. The molecule has 0 fully saturated rings. The van der Waals surface area contributed by atoms with Crippen LogP contribution in [-0.4, -0.2) is 40.3 Å². The minimum absolute atomic E-state index is 0.100. The number of carbonyl (C=O) groups is 1. The summed E-state index contributed by atoms with van der Waals surface area (Å²) in [7, 11) is -4.45. The lowest BCUT2D eigenvalue weighted by Gasteiger charge is -2.37. The van der Waals surface area contributed by atoms with Crippen molar-refractivity contribution in [3.05, 3.63) is 75.5 Å². The molecular weight excluding hydrogens is 559 g/mol. The van der Waals surface area contributed by atoms with Crippen LogP contribution in [0, 0.1) is 12.3 Å². The largest absolute Gasteiger partial charge is 0.480 e. The maximum Gasteiger partial charge on any atom is 0.328 e. The molecule has 8 nitrogen and oxygen atoms in total. The highest BCUT2D eigenvalue weighted by molar-refractivity contribution is 7.93. The van der Waals surface area contributed by atoms with Crippen molar-refractivity contribution >= 4 is 67.4 Å². The van der Waals surface area contributed by atoms with Gasteiger partial charge in [-0.05, 0) is 60.9 Å². The fraction of sp³-hybridized carbons (Fsp3) is 0.240. The number of carboxylic acids is 1. The molecule has 0 saturated heterocycles. The number of anilines is 1. The molecule has 1 N–H and O–H groups in total. The van der Waals surface area contributed by atoms with Crippen LogP contribution in [0.2, 0.25) is 15.1 Å². The molecule has 4 aromatic rings. The van der Waals surface area contributed by atoms with Gasteiger partial charge in [0.1, 0.15) is 6.04 Å². The number of sulfonamides is 1. The third kappa shape index (κ3) is 5.27. The van der Waals surface area contributed by atoms with Crippen LogP contribution < -0.4 is 4.31 Å². The van der Waals surface area contributed by atoms with E-state index >= 15 is 0 Å². The summed E-state index contributed by atoms with van der Waals surface area (Å²) in [5.41, 5.74) is 0.499. The topological polar surface area (TPSA) is 105 Å². The van der Waals surface area contributed by atoms with Gasteiger partial charge in [0, 0.05) is 21.6 Å². The number of aliphatic carboxylic acids is 1. The van der Waals surface area contributed by atoms with Crippen molar-refractivity contribution in [2.24, 2.45) is 5.41 Å². The number of carboxylic acid groups (broad SMARTS) is 1. The van der Waals surface area contributed by atoms with Gasteiger partial charge in [0.05, 0.1) is 26.8 Å². The molecule has 1 unspecified atom stereocenters. The van der Waals surface area contributed by atoms with E-state index in [2.05, 4.69) is 10.2 Å². The van der Waals surface area contributed by atoms with Crippen molar-refractivity contribution in [1.29, 1.82) is 0 Å². The molecule has 2 aromatic carbocycles. The molecule has 0 spiro atoms. The van der Waals surface area contributed by atoms with Gasteiger partial charge in [0.15, 0.2) is 5.82 Å². The molecule has 0 saturated carbocycles. The second kappa shape index (κ2) is 9.79. The molecule has 0 aliphatic rings. The highest BCUT2D eigenvalue weighted by Crippen LogP contribution is 2.38. The van der Waals surface area contributed by atoms with E-state index in [1.54, 1.807) is 49.7 Å². The van der Waals surface area contributed by atoms with Gasteiger partial charge in [-0.15, -0.1) is 5.10 Å². The van der Waals surface area contributed by atoms with Crippen molar-refractivity contribution in [2.45, 2.75) is 38.6 Å². The molecule has 2 heterocycles. The summed E-state index contributed by atoms with van der Waals surface area (Å²) in [4.78, 5) is 12.3. The molecule has 0 aliphatic carbocycles. The molecule has 0 aliphatic heterocycles. The van der Waals surface area contributed by atoms with E-state index < -0.39 is 27.4 Å². The fourth-order valence-electron chi connectivity index (χ4n) is 4.06. The maximum atomic E-state index is 14.0. The molecule has 0 radical (unpaired) electrons. The normalized spacial score (nSPS) is 13.1. The van der Waals surface area contributed by atoms with E-state index in [1.165, 1.54) is 24.3 Å². The van der Waals surface area contributed by atoms with Crippen LogP contribution in [0.4, 0.5) is 5.69 Å².